The highest BCUT2D eigenvalue weighted by Gasteiger charge is 2.37. The van der Waals surface area contributed by atoms with E-state index in [0.29, 0.717) is 13.0 Å². The lowest BCUT2D eigenvalue weighted by Gasteiger charge is -2.36. The topological polar surface area (TPSA) is 35.3 Å². The molecule has 3 rings (SSSR count). The van der Waals surface area contributed by atoms with Crippen molar-refractivity contribution in [1.29, 1.82) is 0 Å². The molecule has 2 aromatic carbocycles. The average Bonchev–Trinajstić information content (AvgIpc) is 3.10. The van der Waals surface area contributed by atoms with Gasteiger partial charge >= 0.3 is 0 Å². The van der Waals surface area contributed by atoms with E-state index >= 15 is 0 Å². The second-order valence-electron chi connectivity index (χ2n) is 9.05. The fourth-order valence-electron chi connectivity index (χ4n) is 2.91. The molecule has 0 unspecified atom stereocenters. The van der Waals surface area contributed by atoms with Gasteiger partial charge in [-0.05, 0) is 23.7 Å². The lowest BCUT2D eigenvalue weighted by molar-refractivity contribution is 0.317. The first-order chi connectivity index (χ1) is 13.7. The minimum Gasteiger partial charge on any atom is -0.413 e. The van der Waals surface area contributed by atoms with Crippen LogP contribution in [-0.4, -0.2) is 20.1 Å². The van der Waals surface area contributed by atoms with Gasteiger partial charge in [0, 0.05) is 23.1 Å². The SMILES string of the molecule is C=C(CO[Si](C)(C)C(C)(C)C)Cc1c(-c2ccccc2)noc1-c1ccccc1. The van der Waals surface area contributed by atoms with Crippen molar-refractivity contribution < 1.29 is 8.95 Å². The lowest BCUT2D eigenvalue weighted by Crippen LogP contribution is -2.41. The largest absolute Gasteiger partial charge is 0.413 e. The molecule has 0 atom stereocenters. The first-order valence-electron chi connectivity index (χ1n) is 10.1. The molecule has 0 aliphatic rings. The Morgan fingerprint density at radius 1 is 0.966 bits per heavy atom. The van der Waals surface area contributed by atoms with Crippen LogP contribution >= 0.6 is 0 Å². The molecule has 0 aliphatic heterocycles. The van der Waals surface area contributed by atoms with E-state index in [9.17, 15) is 0 Å². The summed E-state index contributed by atoms with van der Waals surface area (Å²) >= 11 is 0. The van der Waals surface area contributed by atoms with Crippen molar-refractivity contribution in [2.45, 2.75) is 45.3 Å². The number of nitrogens with zero attached hydrogens (tertiary/aromatic N) is 1. The smallest absolute Gasteiger partial charge is 0.192 e. The van der Waals surface area contributed by atoms with Crippen LogP contribution in [0.5, 0.6) is 0 Å². The van der Waals surface area contributed by atoms with Crippen LogP contribution in [0, 0.1) is 0 Å². The summed E-state index contributed by atoms with van der Waals surface area (Å²) in [7, 11) is -1.82. The fourth-order valence-corrected chi connectivity index (χ4v) is 3.91. The molecule has 0 bridgehead atoms. The van der Waals surface area contributed by atoms with Crippen LogP contribution in [0.15, 0.2) is 77.3 Å². The third kappa shape index (κ3) is 4.95. The van der Waals surface area contributed by atoms with Gasteiger partial charge in [-0.2, -0.15) is 0 Å². The Labute approximate surface area is 175 Å². The van der Waals surface area contributed by atoms with Gasteiger partial charge in [-0.1, -0.05) is 93.2 Å². The number of rotatable bonds is 7. The Morgan fingerprint density at radius 3 is 2.07 bits per heavy atom. The molecule has 152 valence electrons. The predicted molar refractivity (Wildman–Crippen MR) is 123 cm³/mol. The highest BCUT2D eigenvalue weighted by atomic mass is 28.4. The molecule has 0 radical (unpaired) electrons. The summed E-state index contributed by atoms with van der Waals surface area (Å²) in [6.45, 7) is 16.2. The van der Waals surface area contributed by atoms with E-state index in [1.54, 1.807) is 0 Å². The van der Waals surface area contributed by atoms with Gasteiger partial charge in [0.1, 0.15) is 5.69 Å². The summed E-state index contributed by atoms with van der Waals surface area (Å²) in [4.78, 5) is 0. The van der Waals surface area contributed by atoms with Gasteiger partial charge in [0.05, 0.1) is 6.61 Å². The van der Waals surface area contributed by atoms with E-state index in [-0.39, 0.29) is 5.04 Å². The molecule has 0 amide bonds. The minimum atomic E-state index is -1.82. The highest BCUT2D eigenvalue weighted by Crippen LogP contribution is 2.37. The van der Waals surface area contributed by atoms with Crippen LogP contribution < -0.4 is 0 Å². The van der Waals surface area contributed by atoms with Gasteiger partial charge in [0.25, 0.3) is 0 Å². The zero-order valence-electron chi connectivity index (χ0n) is 18.2. The molecule has 0 aliphatic carbocycles. The van der Waals surface area contributed by atoms with Crippen molar-refractivity contribution in [1.82, 2.24) is 5.16 Å². The highest BCUT2D eigenvalue weighted by molar-refractivity contribution is 6.74. The molecule has 0 N–H and O–H groups in total. The zero-order chi connectivity index (χ0) is 21.1. The zero-order valence-corrected chi connectivity index (χ0v) is 19.2. The van der Waals surface area contributed by atoms with E-state index in [2.05, 4.69) is 57.7 Å². The summed E-state index contributed by atoms with van der Waals surface area (Å²) in [5, 5.41) is 4.59. The van der Waals surface area contributed by atoms with Gasteiger partial charge in [-0.25, -0.2) is 0 Å². The lowest BCUT2D eigenvalue weighted by atomic mass is 9.97. The van der Waals surface area contributed by atoms with Crippen LogP contribution in [0.2, 0.25) is 18.1 Å². The molecule has 1 heterocycles. The third-order valence-corrected chi connectivity index (χ3v) is 10.2. The van der Waals surface area contributed by atoms with E-state index in [1.165, 1.54) is 0 Å². The third-order valence-electron chi connectivity index (χ3n) is 5.74. The molecular formula is C25H31NO2Si. The molecule has 3 aromatic rings. The molecule has 29 heavy (non-hydrogen) atoms. The maximum absolute atomic E-state index is 6.38. The Morgan fingerprint density at radius 2 is 1.52 bits per heavy atom. The van der Waals surface area contributed by atoms with Crippen molar-refractivity contribution in [2.24, 2.45) is 0 Å². The van der Waals surface area contributed by atoms with Crippen LogP contribution in [-0.2, 0) is 10.8 Å². The van der Waals surface area contributed by atoms with Crippen molar-refractivity contribution in [3.8, 4) is 22.6 Å². The molecule has 4 heteroatoms. The Bertz CT molecular complexity index is 896. The number of hydrogen-bond donors (Lipinski definition) is 0. The van der Waals surface area contributed by atoms with Gasteiger partial charge in [-0.3, -0.25) is 0 Å². The van der Waals surface area contributed by atoms with E-state index in [1.807, 2.05) is 48.5 Å². The van der Waals surface area contributed by atoms with Gasteiger partial charge in [-0.15, -0.1) is 0 Å². The average molecular weight is 406 g/mol. The maximum atomic E-state index is 6.38. The normalized spacial score (nSPS) is 12.2. The quantitative estimate of drug-likeness (QED) is 0.310. The molecule has 3 nitrogen and oxygen atoms in total. The number of hydrogen-bond acceptors (Lipinski definition) is 3. The van der Waals surface area contributed by atoms with Crippen molar-refractivity contribution in [2.75, 3.05) is 6.61 Å². The number of benzene rings is 2. The molecule has 0 saturated carbocycles. The van der Waals surface area contributed by atoms with E-state index in [4.69, 9.17) is 8.95 Å². The van der Waals surface area contributed by atoms with Crippen LogP contribution in [0.4, 0.5) is 0 Å². The Hall–Kier alpha value is -2.43. The summed E-state index contributed by atoms with van der Waals surface area (Å²) in [5.41, 5.74) is 5.04. The van der Waals surface area contributed by atoms with Crippen LogP contribution in [0.1, 0.15) is 26.3 Å². The standard InChI is InChI=1S/C25H31NO2Si/c1-19(18-27-29(5,6)25(2,3)4)17-22-23(20-13-9-7-10-14-20)26-28-24(22)21-15-11-8-12-16-21/h7-16H,1,17-18H2,2-6H3. The van der Waals surface area contributed by atoms with Crippen molar-refractivity contribution in [3.63, 3.8) is 0 Å². The maximum Gasteiger partial charge on any atom is 0.192 e. The summed E-state index contributed by atoms with van der Waals surface area (Å²) in [6.07, 6.45) is 0.673. The molecule has 1 aromatic heterocycles. The van der Waals surface area contributed by atoms with E-state index in [0.717, 1.165) is 33.7 Å². The van der Waals surface area contributed by atoms with Crippen molar-refractivity contribution >= 4 is 8.32 Å². The molecule has 0 saturated heterocycles. The van der Waals surface area contributed by atoms with Gasteiger partial charge < -0.3 is 8.95 Å². The fraction of sp³-hybridized carbons (Fsp3) is 0.320. The van der Waals surface area contributed by atoms with Crippen LogP contribution in [0.3, 0.4) is 0 Å². The van der Waals surface area contributed by atoms with Gasteiger partial charge in [0.15, 0.2) is 14.1 Å². The second kappa shape index (κ2) is 8.52. The summed E-state index contributed by atoms with van der Waals surface area (Å²) < 4.78 is 12.2. The molecule has 0 spiro atoms. The summed E-state index contributed by atoms with van der Waals surface area (Å²) in [5.74, 6) is 0.804. The van der Waals surface area contributed by atoms with E-state index < -0.39 is 8.32 Å². The molecule has 0 fully saturated rings. The van der Waals surface area contributed by atoms with Crippen LogP contribution in [0.25, 0.3) is 22.6 Å². The number of aromatic nitrogens is 1. The minimum absolute atomic E-state index is 0.175. The first-order valence-corrected chi connectivity index (χ1v) is 13.0. The molecular weight excluding hydrogens is 374 g/mol. The monoisotopic (exact) mass is 405 g/mol. The Balaban J connectivity index is 1.89. The predicted octanol–water partition coefficient (Wildman–Crippen LogP) is 7.13. The second-order valence-corrected chi connectivity index (χ2v) is 13.9. The van der Waals surface area contributed by atoms with Gasteiger partial charge in [0.2, 0.25) is 0 Å². The first kappa shape index (κ1) is 21.3. The summed E-state index contributed by atoms with van der Waals surface area (Å²) in [6, 6.07) is 20.3. The van der Waals surface area contributed by atoms with Crippen molar-refractivity contribution in [3.05, 3.63) is 78.4 Å². The Kier molecular flexibility index (Phi) is 6.25.